The molecule has 0 heterocycles. The van der Waals surface area contributed by atoms with E-state index in [4.69, 9.17) is 22.1 Å². The maximum Gasteiger partial charge on any atom is 0.259 e. The number of hydrogen-bond acceptors (Lipinski definition) is 5. The number of aryl methyl sites for hydroxylation is 1. The van der Waals surface area contributed by atoms with Crippen molar-refractivity contribution in [3.8, 4) is 5.75 Å². The van der Waals surface area contributed by atoms with Crippen LogP contribution in [0.5, 0.6) is 5.75 Å². The molecule has 0 aliphatic heterocycles. The Labute approximate surface area is 159 Å². The summed E-state index contributed by atoms with van der Waals surface area (Å²) >= 11 is 9.01. The van der Waals surface area contributed by atoms with Crippen LogP contribution in [0.2, 0.25) is 0 Å². The van der Waals surface area contributed by atoms with Gasteiger partial charge in [-0.25, -0.2) is 0 Å². The molecule has 0 radical (unpaired) electrons. The Hall–Kier alpha value is -1.93. The van der Waals surface area contributed by atoms with E-state index in [1.165, 1.54) is 0 Å². The lowest BCUT2D eigenvalue weighted by molar-refractivity contribution is -0.119. The monoisotopic (exact) mass is 386 g/mol. The Balaban J connectivity index is 0.00000129. The summed E-state index contributed by atoms with van der Waals surface area (Å²) < 4.78 is 5.42. The Morgan fingerprint density at radius 2 is 1.76 bits per heavy atom. The average molecular weight is 387 g/mol. The van der Waals surface area contributed by atoms with Crippen LogP contribution in [0.1, 0.15) is 32.3 Å². The molecule has 1 aromatic rings. The molecule has 0 unspecified atom stereocenters. The predicted molar refractivity (Wildman–Crippen MR) is 107 cm³/mol. The third-order valence-electron chi connectivity index (χ3n) is 3.29. The Morgan fingerprint density at radius 3 is 2.28 bits per heavy atom. The number of nitrogens with zero attached hydrogens (tertiary/aromatic N) is 1. The zero-order valence-corrected chi connectivity index (χ0v) is 16.2. The van der Waals surface area contributed by atoms with Crippen LogP contribution >= 0.6 is 24.4 Å². The summed E-state index contributed by atoms with van der Waals surface area (Å²) in [6.07, 6.45) is 1.29. The summed E-state index contributed by atoms with van der Waals surface area (Å²) in [5.74, 6) is 0.352. The van der Waals surface area contributed by atoms with E-state index in [0.717, 1.165) is 18.7 Å². The zero-order valence-electron chi connectivity index (χ0n) is 14.6. The molecule has 0 saturated carbocycles. The molecule has 4 N–H and O–H groups in total. The standard InChI is InChI=1S/C16H23NO3S.CH3NOS/c1-3-17(4-2)16(21)20-12-11-14(18)10-9-13-7-5-6-8-15(13)19;2-1(3)4/h5-8,19H,3-4,9-12H2,1-2H3;(H3,2,3,4). The van der Waals surface area contributed by atoms with E-state index in [0.29, 0.717) is 31.0 Å². The number of carbonyl (C=O) groups excluding carboxylic acids is 1. The van der Waals surface area contributed by atoms with Gasteiger partial charge < -0.3 is 25.6 Å². The summed E-state index contributed by atoms with van der Waals surface area (Å²) in [7, 11) is 0. The van der Waals surface area contributed by atoms with Gasteiger partial charge in [0.05, 0.1) is 6.61 Å². The lowest BCUT2D eigenvalue weighted by Gasteiger charge is -2.21. The van der Waals surface area contributed by atoms with Crippen LogP contribution in [0.4, 0.5) is 0 Å². The first-order valence-electron chi connectivity index (χ1n) is 8.00. The number of Topliss-reactive ketones (excluding diaryl/α,β-unsaturated/α-hetero) is 1. The van der Waals surface area contributed by atoms with Crippen LogP contribution in [-0.4, -0.2) is 50.9 Å². The van der Waals surface area contributed by atoms with Crippen LogP contribution in [0.15, 0.2) is 24.3 Å². The van der Waals surface area contributed by atoms with Crippen molar-refractivity contribution in [2.24, 2.45) is 5.73 Å². The minimum Gasteiger partial charge on any atom is -0.508 e. The number of rotatable bonds is 8. The molecular formula is C17H26N2O4S2. The number of ether oxygens (including phenoxy) is 1. The second-order valence-electron chi connectivity index (χ2n) is 5.04. The predicted octanol–water partition coefficient (Wildman–Crippen LogP) is 2.72. The third-order valence-corrected chi connectivity index (χ3v) is 3.67. The Morgan fingerprint density at radius 1 is 1.20 bits per heavy atom. The Bertz CT molecular complexity index is 559. The van der Waals surface area contributed by atoms with E-state index in [1.54, 1.807) is 12.1 Å². The maximum absolute atomic E-state index is 11.8. The summed E-state index contributed by atoms with van der Waals surface area (Å²) in [4.78, 5) is 13.7. The van der Waals surface area contributed by atoms with Gasteiger partial charge in [0.15, 0.2) is 0 Å². The number of benzene rings is 1. The van der Waals surface area contributed by atoms with Gasteiger partial charge in [-0.3, -0.25) is 4.79 Å². The van der Waals surface area contributed by atoms with Gasteiger partial charge in [-0.15, -0.1) is 0 Å². The van der Waals surface area contributed by atoms with E-state index >= 15 is 0 Å². The number of nitrogens with two attached hydrogens (primary N) is 1. The molecule has 1 rings (SSSR count). The number of carbonyl (C=O) groups is 1. The molecule has 1 aromatic carbocycles. The lowest BCUT2D eigenvalue weighted by Crippen LogP contribution is -2.31. The largest absolute Gasteiger partial charge is 0.508 e. The minimum absolute atomic E-state index is 0.112. The maximum atomic E-state index is 11.8. The van der Waals surface area contributed by atoms with E-state index in [1.807, 2.05) is 30.9 Å². The molecule has 25 heavy (non-hydrogen) atoms. The second kappa shape index (κ2) is 13.4. The zero-order chi connectivity index (χ0) is 19.2. The van der Waals surface area contributed by atoms with Gasteiger partial charge in [-0.2, -0.15) is 0 Å². The molecule has 0 spiro atoms. The van der Waals surface area contributed by atoms with Gasteiger partial charge in [-0.1, -0.05) is 18.2 Å². The fourth-order valence-corrected chi connectivity index (χ4v) is 2.29. The SMILES string of the molecule is CCN(CC)C(=S)OCCC(=O)CCc1ccccc1O.NC(O)=S. The van der Waals surface area contributed by atoms with Crippen molar-refractivity contribution < 1.29 is 19.7 Å². The van der Waals surface area contributed by atoms with Gasteiger partial charge in [0, 0.05) is 25.9 Å². The first-order valence-corrected chi connectivity index (χ1v) is 8.82. The van der Waals surface area contributed by atoms with Gasteiger partial charge in [0.1, 0.15) is 11.5 Å². The summed E-state index contributed by atoms with van der Waals surface area (Å²) in [5, 5.41) is 17.1. The number of aliphatic hydroxyl groups excluding tert-OH is 1. The molecule has 0 aliphatic carbocycles. The first-order chi connectivity index (χ1) is 11.8. The second-order valence-corrected chi connectivity index (χ2v) is 5.81. The third kappa shape index (κ3) is 11.3. The van der Waals surface area contributed by atoms with Crippen LogP contribution in [-0.2, 0) is 16.0 Å². The van der Waals surface area contributed by atoms with E-state index < -0.39 is 5.17 Å². The van der Waals surface area contributed by atoms with Crippen molar-refractivity contribution in [1.82, 2.24) is 4.90 Å². The average Bonchev–Trinajstić information content (AvgIpc) is 2.54. The fraction of sp³-hybridized carbons (Fsp3) is 0.471. The summed E-state index contributed by atoms with van der Waals surface area (Å²) in [6, 6.07) is 7.08. The lowest BCUT2D eigenvalue weighted by atomic mass is 10.1. The number of phenols is 1. The molecule has 8 heteroatoms. The summed E-state index contributed by atoms with van der Waals surface area (Å²) in [5.41, 5.74) is 5.19. The normalized spacial score (nSPS) is 9.52. The molecule has 140 valence electrons. The highest BCUT2D eigenvalue weighted by atomic mass is 32.1. The quantitative estimate of drug-likeness (QED) is 0.587. The topological polar surface area (TPSA) is 96.0 Å². The van der Waals surface area contributed by atoms with Crippen molar-refractivity contribution in [3.63, 3.8) is 0 Å². The van der Waals surface area contributed by atoms with Crippen molar-refractivity contribution in [1.29, 1.82) is 0 Å². The fourth-order valence-electron chi connectivity index (χ4n) is 1.95. The van der Waals surface area contributed by atoms with E-state index in [-0.39, 0.29) is 11.5 Å². The number of para-hydroxylation sites is 1. The highest BCUT2D eigenvalue weighted by Gasteiger charge is 2.09. The summed E-state index contributed by atoms with van der Waals surface area (Å²) in [6.45, 7) is 5.94. The van der Waals surface area contributed by atoms with Gasteiger partial charge in [-0.05, 0) is 56.3 Å². The van der Waals surface area contributed by atoms with Gasteiger partial charge >= 0.3 is 0 Å². The molecule has 0 aromatic heterocycles. The van der Waals surface area contributed by atoms with Crippen molar-refractivity contribution in [2.75, 3.05) is 19.7 Å². The minimum atomic E-state index is -0.500. The van der Waals surface area contributed by atoms with Crippen molar-refractivity contribution in [3.05, 3.63) is 29.8 Å². The smallest absolute Gasteiger partial charge is 0.259 e. The number of hydrogen-bond donors (Lipinski definition) is 3. The Kier molecular flexibility index (Phi) is 12.3. The molecule has 0 aliphatic rings. The molecule has 6 nitrogen and oxygen atoms in total. The number of aromatic hydroxyl groups is 1. The number of aliphatic hydroxyl groups is 1. The van der Waals surface area contributed by atoms with Crippen molar-refractivity contribution >= 4 is 40.6 Å². The first kappa shape index (κ1) is 23.1. The number of ketones is 1. The van der Waals surface area contributed by atoms with E-state index in [2.05, 4.69) is 18.0 Å². The van der Waals surface area contributed by atoms with Crippen LogP contribution < -0.4 is 5.73 Å². The van der Waals surface area contributed by atoms with Crippen LogP contribution in [0, 0.1) is 0 Å². The van der Waals surface area contributed by atoms with Crippen molar-refractivity contribution in [2.45, 2.75) is 33.1 Å². The molecule has 0 amide bonds. The highest BCUT2D eigenvalue weighted by molar-refractivity contribution is 7.80. The number of thiocarbonyl (C=S) groups is 2. The van der Waals surface area contributed by atoms with Gasteiger partial charge in [0.25, 0.3) is 10.3 Å². The molecule has 0 bridgehead atoms. The van der Waals surface area contributed by atoms with Crippen LogP contribution in [0.3, 0.4) is 0 Å². The molecule has 0 saturated heterocycles. The molecular weight excluding hydrogens is 360 g/mol. The van der Waals surface area contributed by atoms with E-state index in [9.17, 15) is 9.90 Å². The molecule has 0 fully saturated rings. The van der Waals surface area contributed by atoms with Gasteiger partial charge in [0.2, 0.25) is 0 Å². The van der Waals surface area contributed by atoms with Crippen LogP contribution in [0.25, 0.3) is 0 Å². The molecule has 0 atom stereocenters. The number of phenolic OH excluding ortho intramolecular Hbond substituents is 1. The highest BCUT2D eigenvalue weighted by Crippen LogP contribution is 2.17.